The summed E-state index contributed by atoms with van der Waals surface area (Å²) >= 11 is 0. The van der Waals surface area contributed by atoms with Gasteiger partial charge in [0.25, 0.3) is 0 Å². The van der Waals surface area contributed by atoms with Crippen molar-refractivity contribution in [3.63, 3.8) is 0 Å². The highest BCUT2D eigenvalue weighted by Crippen LogP contribution is 2.09. The molecule has 0 radical (unpaired) electrons. The second kappa shape index (κ2) is 5.42. The Morgan fingerprint density at radius 3 is 1.83 bits per heavy atom. The topological polar surface area (TPSA) is 3.24 Å². The van der Waals surface area contributed by atoms with Crippen molar-refractivity contribution in [1.82, 2.24) is 4.90 Å². The van der Waals surface area contributed by atoms with Gasteiger partial charge in [-0.25, -0.2) is 0 Å². The van der Waals surface area contributed by atoms with Crippen LogP contribution in [0.4, 0.5) is 0 Å². The first-order valence-electron chi connectivity index (χ1n) is 3.95. The average molecular weight is 163 g/mol. The van der Waals surface area contributed by atoms with Crippen LogP contribution in [0.25, 0.3) is 0 Å². The van der Waals surface area contributed by atoms with Gasteiger partial charge in [0.05, 0.1) is 0 Å². The predicted molar refractivity (Wildman–Crippen MR) is 55.9 cm³/mol. The molecule has 0 amide bonds. The molecule has 0 N–H and O–H groups in total. The van der Waals surface area contributed by atoms with Crippen molar-refractivity contribution in [3.05, 3.63) is 49.7 Å². The standard InChI is InChI=1S/C11H17N/c1-6-8-12(9-7-2)11(5)10(3)4/h6-7H,1-3,5,8-9H2,4H3. The van der Waals surface area contributed by atoms with Gasteiger partial charge in [0.1, 0.15) is 0 Å². The van der Waals surface area contributed by atoms with Crippen LogP contribution in [0.2, 0.25) is 0 Å². The van der Waals surface area contributed by atoms with Crippen LogP contribution in [0.1, 0.15) is 6.92 Å². The Morgan fingerprint density at radius 2 is 1.58 bits per heavy atom. The minimum atomic E-state index is 0.789. The summed E-state index contributed by atoms with van der Waals surface area (Å²) in [5.74, 6) is 0. The van der Waals surface area contributed by atoms with E-state index in [4.69, 9.17) is 0 Å². The lowest BCUT2D eigenvalue weighted by Gasteiger charge is -2.23. The SMILES string of the molecule is C=CCN(CC=C)C(=C)C(=C)C. The van der Waals surface area contributed by atoms with Crippen molar-refractivity contribution in [1.29, 1.82) is 0 Å². The Kier molecular flexibility index (Phi) is 4.86. The van der Waals surface area contributed by atoms with E-state index in [1.54, 1.807) is 0 Å². The summed E-state index contributed by atoms with van der Waals surface area (Å²) in [4.78, 5) is 2.07. The summed E-state index contributed by atoms with van der Waals surface area (Å²) in [5, 5.41) is 0. The molecule has 0 aromatic rings. The van der Waals surface area contributed by atoms with Gasteiger partial charge < -0.3 is 4.90 Å². The highest BCUT2D eigenvalue weighted by Gasteiger charge is 2.03. The molecule has 0 heterocycles. The van der Waals surface area contributed by atoms with Gasteiger partial charge in [0, 0.05) is 18.8 Å². The first kappa shape index (κ1) is 10.8. The van der Waals surface area contributed by atoms with E-state index < -0.39 is 0 Å². The zero-order valence-corrected chi connectivity index (χ0v) is 7.84. The molecular weight excluding hydrogens is 146 g/mol. The molecule has 1 nitrogen and oxygen atoms in total. The molecule has 0 rings (SSSR count). The Labute approximate surface area is 75.4 Å². The van der Waals surface area contributed by atoms with Gasteiger partial charge in [-0.1, -0.05) is 25.3 Å². The highest BCUT2D eigenvalue weighted by atomic mass is 15.1. The maximum atomic E-state index is 3.92. The molecule has 0 aliphatic rings. The average Bonchev–Trinajstić information content (AvgIpc) is 2.03. The molecule has 0 aliphatic heterocycles. The molecule has 0 fully saturated rings. The number of allylic oxidation sites excluding steroid dienone is 1. The second-order valence-electron chi connectivity index (χ2n) is 2.71. The Balaban J connectivity index is 4.26. The van der Waals surface area contributed by atoms with E-state index in [1.807, 2.05) is 19.1 Å². The van der Waals surface area contributed by atoms with Crippen molar-refractivity contribution in [3.8, 4) is 0 Å². The minimum absolute atomic E-state index is 0.789. The summed E-state index contributed by atoms with van der Waals surface area (Å²) < 4.78 is 0. The molecule has 12 heavy (non-hydrogen) atoms. The fourth-order valence-corrected chi connectivity index (χ4v) is 0.877. The van der Waals surface area contributed by atoms with E-state index in [9.17, 15) is 0 Å². The van der Waals surface area contributed by atoms with Crippen LogP contribution in [0, 0.1) is 0 Å². The number of hydrogen-bond acceptors (Lipinski definition) is 1. The molecule has 66 valence electrons. The van der Waals surface area contributed by atoms with Crippen LogP contribution < -0.4 is 0 Å². The Morgan fingerprint density at radius 1 is 1.17 bits per heavy atom. The fraction of sp³-hybridized carbons (Fsp3) is 0.273. The normalized spacial score (nSPS) is 8.75. The van der Waals surface area contributed by atoms with Gasteiger partial charge in [0.15, 0.2) is 0 Å². The Bertz CT molecular complexity index is 191. The molecule has 0 aromatic carbocycles. The van der Waals surface area contributed by atoms with Crippen LogP contribution in [-0.2, 0) is 0 Å². The number of rotatable bonds is 6. The molecule has 0 aliphatic carbocycles. The summed E-state index contributed by atoms with van der Waals surface area (Å²) in [7, 11) is 0. The van der Waals surface area contributed by atoms with Gasteiger partial charge in [-0.05, 0) is 12.5 Å². The van der Waals surface area contributed by atoms with Crippen LogP contribution in [-0.4, -0.2) is 18.0 Å². The van der Waals surface area contributed by atoms with Crippen LogP contribution in [0.15, 0.2) is 49.7 Å². The zero-order valence-electron chi connectivity index (χ0n) is 7.84. The zero-order chi connectivity index (χ0) is 9.56. The van der Waals surface area contributed by atoms with Crippen molar-refractivity contribution in [2.45, 2.75) is 6.92 Å². The largest absolute Gasteiger partial charge is 0.364 e. The smallest absolute Gasteiger partial charge is 0.0360 e. The molecule has 0 bridgehead atoms. The summed E-state index contributed by atoms with van der Waals surface area (Å²) in [6.07, 6.45) is 3.69. The Hall–Kier alpha value is -1.24. The van der Waals surface area contributed by atoms with Crippen LogP contribution in [0.5, 0.6) is 0 Å². The second-order valence-corrected chi connectivity index (χ2v) is 2.71. The van der Waals surface area contributed by atoms with Gasteiger partial charge in [0.2, 0.25) is 0 Å². The molecular formula is C11H17N. The maximum absolute atomic E-state index is 3.92. The molecule has 0 saturated heterocycles. The molecule has 0 unspecified atom stereocenters. The lowest BCUT2D eigenvalue weighted by Crippen LogP contribution is -2.22. The third kappa shape index (κ3) is 3.24. The third-order valence-corrected chi connectivity index (χ3v) is 1.57. The third-order valence-electron chi connectivity index (χ3n) is 1.57. The van der Waals surface area contributed by atoms with E-state index >= 15 is 0 Å². The van der Waals surface area contributed by atoms with E-state index in [-0.39, 0.29) is 0 Å². The molecule has 0 saturated carbocycles. The summed E-state index contributed by atoms with van der Waals surface area (Å²) in [6, 6.07) is 0. The molecule has 1 heteroatoms. The number of nitrogens with zero attached hydrogens (tertiary/aromatic N) is 1. The monoisotopic (exact) mass is 163 g/mol. The number of hydrogen-bond donors (Lipinski definition) is 0. The van der Waals surface area contributed by atoms with Crippen LogP contribution in [0.3, 0.4) is 0 Å². The predicted octanol–water partition coefficient (Wildman–Crippen LogP) is 2.75. The van der Waals surface area contributed by atoms with Gasteiger partial charge in [-0.3, -0.25) is 0 Å². The minimum Gasteiger partial charge on any atom is -0.364 e. The maximum Gasteiger partial charge on any atom is 0.0360 e. The summed E-state index contributed by atoms with van der Waals surface area (Å²) in [5.41, 5.74) is 1.94. The molecule has 0 spiro atoms. The lowest BCUT2D eigenvalue weighted by molar-refractivity contribution is 0.431. The lowest BCUT2D eigenvalue weighted by atomic mass is 10.2. The van der Waals surface area contributed by atoms with E-state index in [0.29, 0.717) is 0 Å². The van der Waals surface area contributed by atoms with Gasteiger partial charge >= 0.3 is 0 Å². The van der Waals surface area contributed by atoms with E-state index in [2.05, 4.69) is 31.2 Å². The highest BCUT2D eigenvalue weighted by molar-refractivity contribution is 5.22. The van der Waals surface area contributed by atoms with Crippen molar-refractivity contribution in [2.75, 3.05) is 13.1 Å². The van der Waals surface area contributed by atoms with Crippen molar-refractivity contribution in [2.24, 2.45) is 0 Å². The van der Waals surface area contributed by atoms with E-state index in [1.165, 1.54) is 0 Å². The molecule has 0 atom stereocenters. The van der Waals surface area contributed by atoms with Gasteiger partial charge in [-0.15, -0.1) is 13.2 Å². The van der Waals surface area contributed by atoms with Gasteiger partial charge in [-0.2, -0.15) is 0 Å². The first-order valence-corrected chi connectivity index (χ1v) is 3.95. The van der Waals surface area contributed by atoms with Crippen molar-refractivity contribution >= 4 is 0 Å². The summed E-state index contributed by atoms with van der Waals surface area (Å²) in [6.45, 7) is 18.6. The fourth-order valence-electron chi connectivity index (χ4n) is 0.877. The quantitative estimate of drug-likeness (QED) is 0.430. The first-order chi connectivity index (χ1) is 5.63. The molecule has 0 aromatic heterocycles. The van der Waals surface area contributed by atoms with Crippen molar-refractivity contribution < 1.29 is 0 Å². The van der Waals surface area contributed by atoms with Crippen LogP contribution >= 0.6 is 0 Å². The van der Waals surface area contributed by atoms with E-state index in [0.717, 1.165) is 24.4 Å².